The van der Waals surface area contributed by atoms with Crippen molar-refractivity contribution in [2.45, 2.75) is 41.7 Å². The first-order valence-electron chi connectivity index (χ1n) is 9.17. The van der Waals surface area contributed by atoms with Crippen LogP contribution in [0, 0.1) is 5.41 Å². The van der Waals surface area contributed by atoms with E-state index in [1.807, 2.05) is 37.3 Å². The summed E-state index contributed by atoms with van der Waals surface area (Å²) in [6.07, 6.45) is 3.56. The van der Waals surface area contributed by atoms with E-state index in [2.05, 4.69) is 10.5 Å². The van der Waals surface area contributed by atoms with Crippen LogP contribution in [0.2, 0.25) is 0 Å². The maximum atomic E-state index is 12.9. The van der Waals surface area contributed by atoms with Crippen molar-refractivity contribution in [2.75, 3.05) is 5.75 Å². The summed E-state index contributed by atoms with van der Waals surface area (Å²) in [5, 5.41) is 14.6. The van der Waals surface area contributed by atoms with Crippen molar-refractivity contribution < 1.29 is 12.9 Å². The minimum absolute atomic E-state index is 0.0106. The molecule has 9 heteroatoms. The average Bonchev–Trinajstić information content (AvgIpc) is 3.30. The van der Waals surface area contributed by atoms with Gasteiger partial charge in [0, 0.05) is 16.5 Å². The number of benzene rings is 1. The van der Waals surface area contributed by atoms with Crippen LogP contribution in [0.4, 0.5) is 0 Å². The number of aromatic nitrogens is 1. The van der Waals surface area contributed by atoms with Crippen molar-refractivity contribution in [3.8, 4) is 11.3 Å². The lowest BCUT2D eigenvalue weighted by molar-refractivity contribution is 0.417. The van der Waals surface area contributed by atoms with Gasteiger partial charge >= 0.3 is 0 Å². The van der Waals surface area contributed by atoms with Gasteiger partial charge in [-0.15, -0.1) is 23.4 Å². The molecule has 6 nitrogen and oxygen atoms in total. The van der Waals surface area contributed by atoms with Crippen LogP contribution in [0.25, 0.3) is 16.2 Å². The van der Waals surface area contributed by atoms with Gasteiger partial charge in [-0.3, -0.25) is 5.41 Å². The summed E-state index contributed by atoms with van der Waals surface area (Å²) in [4.78, 5) is 0.980. The number of sulfone groups is 1. The molecule has 4 rings (SSSR count). The fourth-order valence-electron chi connectivity index (χ4n) is 3.67. The van der Waals surface area contributed by atoms with Crippen LogP contribution in [0.15, 0.2) is 47.1 Å². The molecule has 0 spiro atoms. The number of thioether (sulfide) groups is 1. The van der Waals surface area contributed by atoms with Gasteiger partial charge in [0.2, 0.25) is 0 Å². The molecular weight excluding hydrogens is 430 g/mol. The number of nitrogens with one attached hydrogen (secondary N) is 2. The molecule has 0 radical (unpaired) electrons. The van der Waals surface area contributed by atoms with Crippen LogP contribution in [0.3, 0.4) is 0 Å². The SMILES string of the molecule is CC1(C)C(=N)N[C@](C)(C2SC(c3cccc(-c4ccno4)c3)=CC2Cl)CS1(=O)=O. The molecule has 2 N–H and O–H groups in total. The molecule has 3 heterocycles. The molecule has 1 aromatic carbocycles. The molecule has 1 aromatic heterocycles. The Morgan fingerprint density at radius 3 is 2.66 bits per heavy atom. The van der Waals surface area contributed by atoms with E-state index in [0.29, 0.717) is 5.76 Å². The Hall–Kier alpha value is -1.77. The van der Waals surface area contributed by atoms with E-state index in [1.165, 1.54) is 0 Å². The van der Waals surface area contributed by atoms with Crippen LogP contribution >= 0.6 is 23.4 Å². The van der Waals surface area contributed by atoms with E-state index in [0.717, 1.165) is 16.0 Å². The van der Waals surface area contributed by atoms with Gasteiger partial charge in [-0.05, 0) is 32.4 Å². The summed E-state index contributed by atoms with van der Waals surface area (Å²) < 4.78 is 29.7. The molecule has 1 fully saturated rings. The van der Waals surface area contributed by atoms with E-state index in [1.54, 1.807) is 37.9 Å². The Bertz CT molecular complexity index is 1100. The highest BCUT2D eigenvalue weighted by molar-refractivity contribution is 8.09. The normalized spacial score (nSPS) is 30.6. The predicted octanol–water partition coefficient (Wildman–Crippen LogP) is 3.94. The number of hydrogen-bond acceptors (Lipinski definition) is 6. The molecule has 29 heavy (non-hydrogen) atoms. The summed E-state index contributed by atoms with van der Waals surface area (Å²) in [5.41, 5.74) is 1.04. The Morgan fingerprint density at radius 1 is 1.28 bits per heavy atom. The van der Waals surface area contributed by atoms with Gasteiger partial charge < -0.3 is 9.84 Å². The second kappa shape index (κ2) is 6.89. The van der Waals surface area contributed by atoms with Crippen molar-refractivity contribution in [1.29, 1.82) is 5.41 Å². The van der Waals surface area contributed by atoms with Crippen LogP contribution in [-0.2, 0) is 9.84 Å². The largest absolute Gasteiger partial charge is 0.365 e. The molecule has 154 valence electrons. The Balaban J connectivity index is 1.61. The summed E-state index contributed by atoms with van der Waals surface area (Å²) in [5.74, 6) is 0.615. The van der Waals surface area contributed by atoms with E-state index in [-0.39, 0.29) is 22.2 Å². The van der Waals surface area contributed by atoms with Crippen LogP contribution in [0.5, 0.6) is 0 Å². The second-order valence-corrected chi connectivity index (χ2v) is 12.4. The lowest BCUT2D eigenvalue weighted by Gasteiger charge is -2.46. The minimum Gasteiger partial charge on any atom is -0.365 e. The minimum atomic E-state index is -3.50. The smallest absolute Gasteiger partial charge is 0.166 e. The Kier molecular flexibility index (Phi) is 4.87. The predicted molar refractivity (Wildman–Crippen MR) is 118 cm³/mol. The van der Waals surface area contributed by atoms with E-state index in [4.69, 9.17) is 21.5 Å². The fraction of sp³-hybridized carbons (Fsp3) is 0.400. The van der Waals surface area contributed by atoms with Gasteiger partial charge in [-0.1, -0.05) is 29.4 Å². The number of rotatable bonds is 3. The third-order valence-electron chi connectivity index (χ3n) is 5.63. The molecule has 2 unspecified atom stereocenters. The first kappa shape index (κ1) is 20.5. The average molecular weight is 452 g/mol. The quantitative estimate of drug-likeness (QED) is 0.686. The molecule has 3 atom stereocenters. The molecule has 2 aliphatic heterocycles. The lowest BCUT2D eigenvalue weighted by atomic mass is 9.94. The highest BCUT2D eigenvalue weighted by Crippen LogP contribution is 2.48. The van der Waals surface area contributed by atoms with Gasteiger partial charge in [0.1, 0.15) is 10.6 Å². The zero-order valence-electron chi connectivity index (χ0n) is 16.3. The van der Waals surface area contributed by atoms with Crippen molar-refractivity contribution in [1.82, 2.24) is 10.5 Å². The second-order valence-electron chi connectivity index (χ2n) is 8.16. The molecule has 0 bridgehead atoms. The van der Waals surface area contributed by atoms with Crippen LogP contribution in [-0.4, -0.2) is 46.1 Å². The summed E-state index contributed by atoms with van der Waals surface area (Å²) >= 11 is 8.21. The maximum absolute atomic E-state index is 12.9. The molecule has 0 saturated carbocycles. The topological polar surface area (TPSA) is 96.1 Å². The monoisotopic (exact) mass is 451 g/mol. The Morgan fingerprint density at radius 2 is 2.00 bits per heavy atom. The lowest BCUT2D eigenvalue weighted by Crippen LogP contribution is -2.69. The first-order valence-corrected chi connectivity index (χ1v) is 12.1. The van der Waals surface area contributed by atoms with Crippen molar-refractivity contribution in [2.24, 2.45) is 0 Å². The molecule has 0 amide bonds. The molecule has 2 aliphatic rings. The third-order valence-corrected chi connectivity index (χ3v) is 10.6. The molecule has 2 aromatic rings. The summed E-state index contributed by atoms with van der Waals surface area (Å²) in [6, 6.07) is 9.68. The molecule has 0 aliphatic carbocycles. The Labute approximate surface area is 179 Å². The zero-order valence-corrected chi connectivity index (χ0v) is 18.7. The van der Waals surface area contributed by atoms with Crippen LogP contribution < -0.4 is 5.32 Å². The van der Waals surface area contributed by atoms with E-state index in [9.17, 15) is 8.42 Å². The van der Waals surface area contributed by atoms with Gasteiger partial charge in [0.05, 0.1) is 28.1 Å². The number of allylic oxidation sites excluding steroid dienone is 1. The van der Waals surface area contributed by atoms with Crippen molar-refractivity contribution in [3.63, 3.8) is 0 Å². The molecule has 1 saturated heterocycles. The van der Waals surface area contributed by atoms with Gasteiger partial charge in [-0.2, -0.15) is 0 Å². The molecular formula is C20H22ClN3O3S2. The van der Waals surface area contributed by atoms with E-state index < -0.39 is 20.1 Å². The summed E-state index contributed by atoms with van der Waals surface area (Å²) in [6.45, 7) is 4.97. The van der Waals surface area contributed by atoms with Gasteiger partial charge in [0.25, 0.3) is 0 Å². The highest BCUT2D eigenvalue weighted by Gasteiger charge is 2.54. The van der Waals surface area contributed by atoms with Crippen molar-refractivity contribution >= 4 is 43.9 Å². The fourth-order valence-corrected chi connectivity index (χ4v) is 7.54. The third kappa shape index (κ3) is 3.41. The number of hydrogen-bond donors (Lipinski definition) is 2. The standard InChI is InChI=1S/C20H22ClN3O3S2/c1-19(2)18(22)24-20(3,11-29(19,25)26)17-14(21)10-16(28-17)13-6-4-5-12(9-13)15-7-8-23-27-15/h4-10,14,17H,11H2,1-3H3,(H2,22,24)/t14?,17?,20-/m0/s1. The van der Waals surface area contributed by atoms with E-state index >= 15 is 0 Å². The summed E-state index contributed by atoms with van der Waals surface area (Å²) in [7, 11) is -3.50. The number of amidine groups is 1. The van der Waals surface area contributed by atoms with Gasteiger partial charge in [0.15, 0.2) is 15.6 Å². The zero-order chi connectivity index (χ0) is 21.0. The van der Waals surface area contributed by atoms with Crippen LogP contribution in [0.1, 0.15) is 26.3 Å². The number of alkyl halides is 1. The number of halogens is 1. The van der Waals surface area contributed by atoms with Gasteiger partial charge in [-0.25, -0.2) is 8.42 Å². The highest BCUT2D eigenvalue weighted by atomic mass is 35.5. The maximum Gasteiger partial charge on any atom is 0.166 e. The number of nitrogens with zero attached hydrogens (tertiary/aromatic N) is 1. The van der Waals surface area contributed by atoms with Crippen molar-refractivity contribution in [3.05, 3.63) is 48.2 Å². The first-order chi connectivity index (χ1) is 13.5.